The minimum Gasteiger partial charge on any atom is -0.396 e. The van der Waals surface area contributed by atoms with Crippen molar-refractivity contribution in [2.45, 2.75) is 6.42 Å². The van der Waals surface area contributed by atoms with Crippen LogP contribution in [0.4, 0.5) is 4.39 Å². The fraction of sp³-hybridized carbons (Fsp3) is 0.250. The molecule has 0 fully saturated rings. The summed E-state index contributed by atoms with van der Waals surface area (Å²) in [5, 5.41) is 8.69. The molecule has 0 amide bonds. The van der Waals surface area contributed by atoms with Crippen LogP contribution in [0.1, 0.15) is 5.56 Å². The predicted molar refractivity (Wildman–Crippen MR) is 49.9 cm³/mol. The molecule has 1 nitrogen and oxygen atoms in total. The van der Waals surface area contributed by atoms with Crippen LogP contribution in [0.5, 0.6) is 0 Å². The van der Waals surface area contributed by atoms with Crippen LogP contribution in [0.25, 0.3) is 0 Å². The third-order valence-electron chi connectivity index (χ3n) is 1.50. The lowest BCUT2D eigenvalue weighted by atomic mass is 10.1. The zero-order chi connectivity index (χ0) is 9.14. The summed E-state index contributed by atoms with van der Waals surface area (Å²) in [4.78, 5) is 0. The Morgan fingerprint density at radius 1 is 1.50 bits per heavy atom. The lowest BCUT2D eigenvalue weighted by Crippen LogP contribution is -1.94. The lowest BCUT2D eigenvalue weighted by Gasteiger charge is -2.03. The first kappa shape index (κ1) is 9.96. The number of halogens is 3. The van der Waals surface area contributed by atoms with Gasteiger partial charge in [0.05, 0.1) is 9.50 Å². The van der Waals surface area contributed by atoms with Crippen LogP contribution in [0.2, 0.25) is 5.02 Å². The summed E-state index contributed by atoms with van der Waals surface area (Å²) in [6, 6.07) is 3.26. The Morgan fingerprint density at radius 3 is 2.75 bits per heavy atom. The van der Waals surface area contributed by atoms with Crippen molar-refractivity contribution in [3.8, 4) is 0 Å². The van der Waals surface area contributed by atoms with Gasteiger partial charge in [0.15, 0.2) is 5.82 Å². The van der Waals surface area contributed by atoms with Gasteiger partial charge in [-0.15, -0.1) is 0 Å². The zero-order valence-electron chi connectivity index (χ0n) is 6.15. The standard InChI is InChI=1S/C8H7BrClFO/c9-6-2-1-5(3-4-12)7(10)8(6)11/h1-2,12H,3-4H2. The van der Waals surface area contributed by atoms with Gasteiger partial charge in [-0.05, 0) is 34.0 Å². The van der Waals surface area contributed by atoms with E-state index in [2.05, 4.69) is 15.9 Å². The highest BCUT2D eigenvalue weighted by Crippen LogP contribution is 2.26. The van der Waals surface area contributed by atoms with Gasteiger partial charge in [0, 0.05) is 6.61 Å². The third kappa shape index (κ3) is 1.97. The molecular formula is C8H7BrClFO. The van der Waals surface area contributed by atoms with Crippen molar-refractivity contribution in [3.05, 3.63) is 33.0 Å². The molecule has 0 atom stereocenters. The molecule has 0 aromatic heterocycles. The van der Waals surface area contributed by atoms with E-state index < -0.39 is 5.82 Å². The molecule has 0 bridgehead atoms. The Labute approximate surface area is 83.3 Å². The van der Waals surface area contributed by atoms with Gasteiger partial charge in [-0.1, -0.05) is 17.7 Å². The second-order valence-corrected chi connectivity index (χ2v) is 3.54. The molecule has 0 radical (unpaired) electrons. The van der Waals surface area contributed by atoms with Crippen LogP contribution in [-0.2, 0) is 6.42 Å². The smallest absolute Gasteiger partial charge is 0.156 e. The number of hydrogen-bond donors (Lipinski definition) is 1. The molecule has 0 aliphatic heterocycles. The van der Waals surface area contributed by atoms with Crippen LogP contribution in [0.3, 0.4) is 0 Å². The van der Waals surface area contributed by atoms with E-state index in [0.717, 1.165) is 0 Å². The van der Waals surface area contributed by atoms with Gasteiger partial charge in [0.25, 0.3) is 0 Å². The second kappa shape index (κ2) is 4.21. The molecule has 0 unspecified atom stereocenters. The minimum absolute atomic E-state index is 0.0270. The fourth-order valence-electron chi connectivity index (χ4n) is 0.879. The Bertz CT molecular complexity index is 291. The van der Waals surface area contributed by atoms with Gasteiger partial charge in [0.1, 0.15) is 0 Å². The molecule has 0 spiro atoms. The van der Waals surface area contributed by atoms with Gasteiger partial charge in [-0.25, -0.2) is 4.39 Å². The first-order valence-electron chi connectivity index (χ1n) is 3.40. The maximum absolute atomic E-state index is 13.1. The van der Waals surface area contributed by atoms with Crippen LogP contribution in [0.15, 0.2) is 16.6 Å². The van der Waals surface area contributed by atoms with Crippen LogP contribution < -0.4 is 0 Å². The molecule has 4 heteroatoms. The van der Waals surface area contributed by atoms with E-state index in [1.807, 2.05) is 0 Å². The van der Waals surface area contributed by atoms with Crippen molar-refractivity contribution < 1.29 is 9.50 Å². The molecule has 1 N–H and O–H groups in total. The molecule has 0 heterocycles. The molecule has 66 valence electrons. The van der Waals surface area contributed by atoms with E-state index in [1.54, 1.807) is 12.1 Å². The minimum atomic E-state index is -0.470. The zero-order valence-corrected chi connectivity index (χ0v) is 8.49. The number of benzene rings is 1. The van der Waals surface area contributed by atoms with E-state index in [0.29, 0.717) is 16.5 Å². The fourth-order valence-corrected chi connectivity index (χ4v) is 1.58. The molecule has 0 aliphatic carbocycles. The van der Waals surface area contributed by atoms with E-state index >= 15 is 0 Å². The number of hydrogen-bond acceptors (Lipinski definition) is 1. The monoisotopic (exact) mass is 252 g/mol. The van der Waals surface area contributed by atoms with Crippen molar-refractivity contribution in [2.75, 3.05) is 6.61 Å². The summed E-state index contributed by atoms with van der Waals surface area (Å²) in [6.07, 6.45) is 0.378. The quantitative estimate of drug-likeness (QED) is 0.804. The second-order valence-electron chi connectivity index (χ2n) is 2.31. The van der Waals surface area contributed by atoms with Gasteiger partial charge >= 0.3 is 0 Å². The first-order valence-corrected chi connectivity index (χ1v) is 4.57. The van der Waals surface area contributed by atoms with Crippen LogP contribution >= 0.6 is 27.5 Å². The lowest BCUT2D eigenvalue weighted by molar-refractivity contribution is 0.299. The SMILES string of the molecule is OCCc1ccc(Br)c(F)c1Cl. The predicted octanol–water partition coefficient (Wildman–Crippen LogP) is 2.78. The van der Waals surface area contributed by atoms with Gasteiger partial charge in [-0.3, -0.25) is 0 Å². The highest BCUT2D eigenvalue weighted by atomic mass is 79.9. The molecule has 0 saturated carbocycles. The van der Waals surface area contributed by atoms with Crippen LogP contribution in [0, 0.1) is 5.82 Å². The Morgan fingerprint density at radius 2 is 2.17 bits per heavy atom. The average molecular weight is 253 g/mol. The molecule has 0 aliphatic rings. The highest BCUT2D eigenvalue weighted by Gasteiger charge is 2.08. The number of rotatable bonds is 2. The molecule has 1 aromatic carbocycles. The summed E-state index contributed by atoms with van der Waals surface area (Å²) < 4.78 is 13.4. The normalized spacial score (nSPS) is 10.3. The average Bonchev–Trinajstić information content (AvgIpc) is 2.07. The molecular weight excluding hydrogens is 246 g/mol. The van der Waals surface area contributed by atoms with Crippen molar-refractivity contribution in [3.63, 3.8) is 0 Å². The first-order chi connectivity index (χ1) is 5.66. The molecule has 1 aromatic rings. The van der Waals surface area contributed by atoms with Gasteiger partial charge in [-0.2, -0.15) is 0 Å². The van der Waals surface area contributed by atoms with Gasteiger partial charge < -0.3 is 5.11 Å². The number of aliphatic hydroxyl groups is 1. The van der Waals surface area contributed by atoms with E-state index in [1.165, 1.54) is 0 Å². The maximum atomic E-state index is 13.1. The maximum Gasteiger partial charge on any atom is 0.156 e. The summed E-state index contributed by atoms with van der Waals surface area (Å²) in [5.74, 6) is -0.470. The number of aliphatic hydroxyl groups excluding tert-OH is 1. The van der Waals surface area contributed by atoms with Gasteiger partial charge in [0.2, 0.25) is 0 Å². The van der Waals surface area contributed by atoms with Crippen molar-refractivity contribution in [1.82, 2.24) is 0 Å². The molecule has 0 saturated heterocycles. The summed E-state index contributed by atoms with van der Waals surface area (Å²) in [6.45, 7) is -0.0270. The largest absolute Gasteiger partial charge is 0.396 e. The Kier molecular flexibility index (Phi) is 3.50. The molecule has 12 heavy (non-hydrogen) atoms. The van der Waals surface area contributed by atoms with Crippen molar-refractivity contribution in [1.29, 1.82) is 0 Å². The van der Waals surface area contributed by atoms with E-state index in [-0.39, 0.29) is 11.6 Å². The van der Waals surface area contributed by atoms with Crippen LogP contribution in [-0.4, -0.2) is 11.7 Å². The topological polar surface area (TPSA) is 20.2 Å². The summed E-state index contributed by atoms with van der Waals surface area (Å²) >= 11 is 8.67. The van der Waals surface area contributed by atoms with Crippen molar-refractivity contribution in [2.24, 2.45) is 0 Å². The Balaban J connectivity index is 3.08. The van der Waals surface area contributed by atoms with E-state index in [4.69, 9.17) is 16.7 Å². The third-order valence-corrected chi connectivity index (χ3v) is 2.52. The Hall–Kier alpha value is -0.120. The van der Waals surface area contributed by atoms with E-state index in [9.17, 15) is 4.39 Å². The van der Waals surface area contributed by atoms with Crippen molar-refractivity contribution >= 4 is 27.5 Å². The highest BCUT2D eigenvalue weighted by molar-refractivity contribution is 9.10. The summed E-state index contributed by atoms with van der Waals surface area (Å²) in [7, 11) is 0. The summed E-state index contributed by atoms with van der Waals surface area (Å²) in [5.41, 5.74) is 0.625. The molecule has 1 rings (SSSR count).